The van der Waals surface area contributed by atoms with Gasteiger partial charge in [-0.25, -0.2) is 4.79 Å². The van der Waals surface area contributed by atoms with Crippen LogP contribution in [0.15, 0.2) is 48.5 Å². The first-order valence-corrected chi connectivity index (χ1v) is 9.65. The zero-order valence-electron chi connectivity index (χ0n) is 17.1. The van der Waals surface area contributed by atoms with Crippen LogP contribution in [0.5, 0.6) is 0 Å². The van der Waals surface area contributed by atoms with Crippen molar-refractivity contribution in [3.05, 3.63) is 59.7 Å². The number of hydrogen-bond donors (Lipinski definition) is 4. The smallest absolute Gasteiger partial charge is 0.337 e. The van der Waals surface area contributed by atoms with Gasteiger partial charge < -0.3 is 34.8 Å². The minimum absolute atomic E-state index is 0.298. The van der Waals surface area contributed by atoms with Gasteiger partial charge in [-0.3, -0.25) is 4.79 Å². The van der Waals surface area contributed by atoms with E-state index in [1.807, 2.05) is 6.07 Å². The number of carbonyl (C=O) groups is 2. The molecule has 0 saturated carbocycles. The van der Waals surface area contributed by atoms with Crippen LogP contribution in [0.4, 0.5) is 0 Å². The number of amides is 1. The van der Waals surface area contributed by atoms with E-state index in [2.05, 4.69) is 0 Å². The van der Waals surface area contributed by atoms with Gasteiger partial charge in [0.05, 0.1) is 19.3 Å². The van der Waals surface area contributed by atoms with Gasteiger partial charge in [0.15, 0.2) is 6.23 Å². The van der Waals surface area contributed by atoms with Crippen LogP contribution in [0.3, 0.4) is 0 Å². The molecular formula is C22H25NO8. The Labute approximate surface area is 179 Å². The van der Waals surface area contributed by atoms with E-state index in [0.29, 0.717) is 11.1 Å². The van der Waals surface area contributed by atoms with Crippen LogP contribution in [-0.2, 0) is 9.47 Å². The highest BCUT2D eigenvalue weighted by Gasteiger charge is 2.46. The van der Waals surface area contributed by atoms with E-state index < -0.39 is 49.1 Å². The highest BCUT2D eigenvalue weighted by Crippen LogP contribution is 2.25. The predicted molar refractivity (Wildman–Crippen MR) is 109 cm³/mol. The molecule has 9 heteroatoms. The Bertz CT molecular complexity index is 929. The summed E-state index contributed by atoms with van der Waals surface area (Å²) in [6.07, 6.45) is -6.98. The molecule has 1 fully saturated rings. The summed E-state index contributed by atoms with van der Waals surface area (Å²) < 4.78 is 10.2. The molecule has 0 aromatic heterocycles. The fourth-order valence-corrected chi connectivity index (χ4v) is 3.47. The van der Waals surface area contributed by atoms with Crippen LogP contribution in [0.1, 0.15) is 20.7 Å². The molecule has 5 atom stereocenters. The molecule has 1 amide bonds. The van der Waals surface area contributed by atoms with Crippen molar-refractivity contribution in [1.82, 2.24) is 4.90 Å². The Morgan fingerprint density at radius 1 is 0.968 bits per heavy atom. The second-order valence-electron chi connectivity index (χ2n) is 7.29. The number of aliphatic hydroxyl groups excluding tert-OH is 4. The van der Waals surface area contributed by atoms with Crippen molar-refractivity contribution in [3.63, 3.8) is 0 Å². The molecule has 1 heterocycles. The largest absolute Gasteiger partial charge is 0.465 e. The maximum atomic E-state index is 12.9. The number of esters is 1. The Balaban J connectivity index is 1.78. The summed E-state index contributed by atoms with van der Waals surface area (Å²) in [5, 5.41) is 39.4. The molecule has 31 heavy (non-hydrogen) atoms. The van der Waals surface area contributed by atoms with E-state index in [0.717, 1.165) is 16.0 Å². The zero-order valence-corrected chi connectivity index (χ0v) is 17.1. The van der Waals surface area contributed by atoms with Gasteiger partial charge in [-0.2, -0.15) is 0 Å². The van der Waals surface area contributed by atoms with Gasteiger partial charge in [0, 0.05) is 12.6 Å². The highest BCUT2D eigenvalue weighted by atomic mass is 16.6. The lowest BCUT2D eigenvalue weighted by Gasteiger charge is -2.43. The number of nitrogens with zero attached hydrogens (tertiary/aromatic N) is 1. The Hall–Kier alpha value is -2.82. The van der Waals surface area contributed by atoms with E-state index in [4.69, 9.17) is 9.47 Å². The Kier molecular flexibility index (Phi) is 7.04. The minimum Gasteiger partial charge on any atom is -0.465 e. The summed E-state index contributed by atoms with van der Waals surface area (Å²) in [5.41, 5.74) is 2.25. The number of aliphatic hydroxyl groups is 4. The lowest BCUT2D eigenvalue weighted by molar-refractivity contribution is -0.254. The number of likely N-dealkylation sites (N-methyl/N-ethyl adjacent to an activating group) is 1. The molecule has 1 unspecified atom stereocenters. The van der Waals surface area contributed by atoms with Crippen molar-refractivity contribution < 1.29 is 39.5 Å². The van der Waals surface area contributed by atoms with Crippen molar-refractivity contribution in [3.8, 4) is 11.1 Å². The average Bonchev–Trinajstić information content (AvgIpc) is 2.81. The van der Waals surface area contributed by atoms with Crippen molar-refractivity contribution in [2.75, 3.05) is 20.8 Å². The zero-order chi connectivity index (χ0) is 22.7. The highest BCUT2D eigenvalue weighted by molar-refractivity contribution is 5.95. The summed E-state index contributed by atoms with van der Waals surface area (Å²) in [5.74, 6) is -0.936. The third-order valence-electron chi connectivity index (χ3n) is 5.32. The lowest BCUT2D eigenvalue weighted by Crippen LogP contribution is -2.63. The number of ether oxygens (including phenoxy) is 2. The Morgan fingerprint density at radius 2 is 1.65 bits per heavy atom. The fraction of sp³-hybridized carbons (Fsp3) is 0.364. The number of benzene rings is 2. The van der Waals surface area contributed by atoms with E-state index in [1.54, 1.807) is 42.5 Å². The summed E-state index contributed by atoms with van der Waals surface area (Å²) in [7, 11) is 2.70. The van der Waals surface area contributed by atoms with E-state index in [-0.39, 0.29) is 0 Å². The molecule has 2 aromatic carbocycles. The molecule has 1 aliphatic heterocycles. The van der Waals surface area contributed by atoms with Crippen LogP contribution >= 0.6 is 0 Å². The maximum absolute atomic E-state index is 12.9. The van der Waals surface area contributed by atoms with Gasteiger partial charge >= 0.3 is 5.97 Å². The molecule has 166 valence electrons. The quantitative estimate of drug-likeness (QED) is 0.486. The van der Waals surface area contributed by atoms with Gasteiger partial charge in [-0.15, -0.1) is 0 Å². The topological polar surface area (TPSA) is 137 Å². The number of rotatable bonds is 5. The van der Waals surface area contributed by atoms with Gasteiger partial charge in [-0.05, 0) is 35.4 Å². The fourth-order valence-electron chi connectivity index (χ4n) is 3.47. The Morgan fingerprint density at radius 3 is 2.26 bits per heavy atom. The molecule has 4 N–H and O–H groups in total. The monoisotopic (exact) mass is 431 g/mol. The van der Waals surface area contributed by atoms with Crippen LogP contribution in [-0.4, -0.2) is 88.6 Å². The molecule has 1 aliphatic rings. The second kappa shape index (κ2) is 9.54. The van der Waals surface area contributed by atoms with Gasteiger partial charge in [-0.1, -0.05) is 24.3 Å². The van der Waals surface area contributed by atoms with E-state index in [9.17, 15) is 30.0 Å². The number of methoxy groups -OCH3 is 1. The van der Waals surface area contributed by atoms with Crippen molar-refractivity contribution in [2.45, 2.75) is 30.6 Å². The SMILES string of the molecule is COC(=O)c1cccc(-c2ccc(C(=O)N(C)C3O[C@@H](CO)[C@@H](O)[C@@H](O)[C@H]3O)cc2)c1. The average molecular weight is 431 g/mol. The summed E-state index contributed by atoms with van der Waals surface area (Å²) in [6.45, 7) is -0.581. The lowest BCUT2D eigenvalue weighted by atomic mass is 9.97. The van der Waals surface area contributed by atoms with Gasteiger partial charge in [0.1, 0.15) is 24.4 Å². The molecule has 0 aliphatic carbocycles. The number of carbonyl (C=O) groups excluding carboxylic acids is 2. The molecular weight excluding hydrogens is 406 g/mol. The molecule has 0 bridgehead atoms. The molecule has 2 aromatic rings. The maximum Gasteiger partial charge on any atom is 0.337 e. The van der Waals surface area contributed by atoms with Crippen molar-refractivity contribution >= 4 is 11.9 Å². The van der Waals surface area contributed by atoms with E-state index >= 15 is 0 Å². The van der Waals surface area contributed by atoms with Crippen molar-refractivity contribution in [1.29, 1.82) is 0 Å². The first-order chi connectivity index (χ1) is 14.8. The first kappa shape index (κ1) is 22.9. The van der Waals surface area contributed by atoms with Gasteiger partial charge in [0.2, 0.25) is 0 Å². The molecule has 3 rings (SSSR count). The first-order valence-electron chi connectivity index (χ1n) is 9.65. The van der Waals surface area contributed by atoms with Crippen LogP contribution in [0.25, 0.3) is 11.1 Å². The van der Waals surface area contributed by atoms with Gasteiger partial charge in [0.25, 0.3) is 5.91 Å². The minimum atomic E-state index is -1.57. The molecule has 0 radical (unpaired) electrons. The van der Waals surface area contributed by atoms with Crippen LogP contribution in [0.2, 0.25) is 0 Å². The van der Waals surface area contributed by atoms with Crippen LogP contribution in [0, 0.1) is 0 Å². The molecule has 1 saturated heterocycles. The van der Waals surface area contributed by atoms with Crippen LogP contribution < -0.4 is 0 Å². The second-order valence-corrected chi connectivity index (χ2v) is 7.29. The number of hydrogen-bond acceptors (Lipinski definition) is 8. The third-order valence-corrected chi connectivity index (χ3v) is 5.32. The summed E-state index contributed by atoms with van der Waals surface area (Å²) in [4.78, 5) is 25.7. The standard InChI is InChI=1S/C22H25NO8/c1-23(21-19(27)18(26)17(25)16(11-24)31-21)20(28)13-8-6-12(7-9-13)14-4-3-5-15(10-14)22(29)30-2/h3-10,16-19,21,24-27H,11H2,1-2H3/t16-,17+,18+,19+,21?/m0/s1. The van der Waals surface area contributed by atoms with Crippen molar-refractivity contribution in [2.24, 2.45) is 0 Å². The third kappa shape index (κ3) is 4.60. The molecule has 9 nitrogen and oxygen atoms in total. The normalized spacial score (nSPS) is 25.7. The predicted octanol–water partition coefficient (Wildman–Crippen LogP) is 0.0121. The molecule has 0 spiro atoms. The summed E-state index contributed by atoms with van der Waals surface area (Å²) >= 11 is 0. The summed E-state index contributed by atoms with van der Waals surface area (Å²) in [6, 6.07) is 13.5. The van der Waals surface area contributed by atoms with E-state index in [1.165, 1.54) is 14.2 Å².